The zero-order chi connectivity index (χ0) is 36.8. The van der Waals surface area contributed by atoms with E-state index in [0.29, 0.717) is 5.82 Å². The average molecular weight is 712 g/mol. The molecule has 10 aromatic rings. The van der Waals surface area contributed by atoms with E-state index in [1.807, 2.05) is 12.1 Å². The Kier molecular flexibility index (Phi) is 6.55. The summed E-state index contributed by atoms with van der Waals surface area (Å²) < 4.78 is 2.51. The van der Waals surface area contributed by atoms with Crippen molar-refractivity contribution in [2.75, 3.05) is 0 Å². The summed E-state index contributed by atoms with van der Waals surface area (Å²) in [4.78, 5) is 10.2. The van der Waals surface area contributed by atoms with Crippen LogP contribution in [0.1, 0.15) is 22.3 Å². The molecule has 12 rings (SSSR count). The molecule has 56 heavy (non-hydrogen) atoms. The van der Waals surface area contributed by atoms with Crippen molar-refractivity contribution in [3.8, 4) is 61.8 Å². The molecule has 0 radical (unpaired) electrons. The van der Waals surface area contributed by atoms with Crippen molar-refractivity contribution in [2.24, 2.45) is 0 Å². The largest absolute Gasteiger partial charge is 0.309 e. The van der Waals surface area contributed by atoms with E-state index >= 15 is 0 Å². The first-order chi connectivity index (χ1) is 27.8. The van der Waals surface area contributed by atoms with Crippen LogP contribution in [-0.2, 0) is 5.41 Å². The van der Waals surface area contributed by atoms with E-state index in [0.717, 1.165) is 33.6 Å². The Hall–Kier alpha value is -7.36. The summed E-state index contributed by atoms with van der Waals surface area (Å²) in [7, 11) is 0. The minimum Gasteiger partial charge on any atom is -0.309 e. The van der Waals surface area contributed by atoms with Crippen LogP contribution in [0.25, 0.3) is 83.6 Å². The van der Waals surface area contributed by atoms with Gasteiger partial charge in [0, 0.05) is 27.5 Å². The highest BCUT2D eigenvalue weighted by atomic mass is 15.0. The molecule has 1 aliphatic heterocycles. The molecule has 3 heteroatoms. The normalized spacial score (nSPS) is 13.1. The molecule has 1 aliphatic carbocycles. The molecule has 2 aromatic heterocycles. The highest BCUT2D eigenvalue weighted by molar-refractivity contribution is 6.13. The van der Waals surface area contributed by atoms with Crippen molar-refractivity contribution in [3.63, 3.8) is 0 Å². The Labute approximate surface area is 324 Å². The molecule has 2 aliphatic rings. The Morgan fingerprint density at radius 1 is 0.357 bits per heavy atom. The van der Waals surface area contributed by atoms with Crippen molar-refractivity contribution < 1.29 is 0 Å². The number of para-hydroxylation sites is 2. The van der Waals surface area contributed by atoms with Crippen LogP contribution in [0, 0.1) is 0 Å². The third kappa shape index (κ3) is 4.28. The molecule has 0 saturated carbocycles. The molecule has 3 heterocycles. The van der Waals surface area contributed by atoms with E-state index in [2.05, 4.69) is 193 Å². The lowest BCUT2D eigenvalue weighted by Crippen LogP contribution is -2.33. The second-order valence-electron chi connectivity index (χ2n) is 14.9. The number of hydrogen-bond acceptors (Lipinski definition) is 2. The summed E-state index contributed by atoms with van der Waals surface area (Å²) in [6.07, 6.45) is 0. The second kappa shape index (κ2) is 11.8. The molecule has 3 nitrogen and oxygen atoms in total. The minimum atomic E-state index is -0.484. The van der Waals surface area contributed by atoms with Crippen molar-refractivity contribution >= 4 is 21.8 Å². The van der Waals surface area contributed by atoms with Gasteiger partial charge in [0.25, 0.3) is 0 Å². The van der Waals surface area contributed by atoms with Crippen LogP contribution < -0.4 is 0 Å². The molecular formula is C53H33N3. The first kappa shape index (κ1) is 31.0. The molecule has 0 bridgehead atoms. The van der Waals surface area contributed by atoms with E-state index in [1.54, 1.807) is 0 Å². The van der Waals surface area contributed by atoms with Gasteiger partial charge in [-0.25, -0.2) is 9.97 Å². The molecule has 1 spiro atoms. The maximum atomic E-state index is 5.10. The zero-order valence-corrected chi connectivity index (χ0v) is 30.4. The molecule has 0 atom stereocenters. The molecule has 260 valence electrons. The lowest BCUT2D eigenvalue weighted by atomic mass is 9.65. The third-order valence-corrected chi connectivity index (χ3v) is 12.0. The van der Waals surface area contributed by atoms with Crippen LogP contribution in [-0.4, -0.2) is 14.5 Å². The predicted octanol–water partition coefficient (Wildman–Crippen LogP) is 12.9. The van der Waals surface area contributed by atoms with Gasteiger partial charge in [-0.1, -0.05) is 176 Å². The Morgan fingerprint density at radius 3 is 1.57 bits per heavy atom. The van der Waals surface area contributed by atoms with Gasteiger partial charge >= 0.3 is 0 Å². The predicted molar refractivity (Wildman–Crippen MR) is 229 cm³/mol. The van der Waals surface area contributed by atoms with E-state index in [1.165, 1.54) is 66.4 Å². The first-order valence-electron chi connectivity index (χ1n) is 19.2. The van der Waals surface area contributed by atoms with E-state index < -0.39 is 5.41 Å². The van der Waals surface area contributed by atoms with Crippen LogP contribution in [0.5, 0.6) is 0 Å². The van der Waals surface area contributed by atoms with Crippen LogP contribution in [0.2, 0.25) is 0 Å². The minimum absolute atomic E-state index is 0.484. The Bertz CT molecular complexity index is 3070. The van der Waals surface area contributed by atoms with E-state index in [4.69, 9.17) is 9.97 Å². The van der Waals surface area contributed by atoms with Gasteiger partial charge in [0.15, 0.2) is 5.82 Å². The fraction of sp³-hybridized carbons (Fsp3) is 0.0189. The van der Waals surface area contributed by atoms with Gasteiger partial charge in [-0.05, 0) is 68.8 Å². The topological polar surface area (TPSA) is 30.7 Å². The summed E-state index contributed by atoms with van der Waals surface area (Å²) in [6.45, 7) is 0. The van der Waals surface area contributed by atoms with Crippen LogP contribution in [0.3, 0.4) is 0 Å². The summed E-state index contributed by atoms with van der Waals surface area (Å²) in [5.41, 5.74) is 18.4. The summed E-state index contributed by atoms with van der Waals surface area (Å²) in [5.74, 6) is 0.709. The Morgan fingerprint density at radius 2 is 0.893 bits per heavy atom. The number of fused-ring (bicyclic) bond motifs is 12. The number of hydrogen-bond donors (Lipinski definition) is 0. The molecular weight excluding hydrogens is 679 g/mol. The fourth-order valence-corrected chi connectivity index (χ4v) is 9.64. The van der Waals surface area contributed by atoms with Crippen molar-refractivity contribution in [1.29, 1.82) is 0 Å². The van der Waals surface area contributed by atoms with Gasteiger partial charge in [-0.15, -0.1) is 0 Å². The molecule has 0 unspecified atom stereocenters. The molecule has 0 saturated heterocycles. The standard InChI is InChI=1S/C53H33N3/c1-3-14-35(15-4-1)47-33-48(36-16-5-2-6-17-36)55-52(54-47)37-28-26-34(27-29-37)38-30-31-50-46(32-38)53(43-22-10-7-18-39(43)40-19-8-11-23-44(40)53)45-24-13-21-42-41-20-9-12-25-49(41)56(50)51(42)45/h1-33H. The van der Waals surface area contributed by atoms with Crippen LogP contribution in [0.4, 0.5) is 0 Å². The van der Waals surface area contributed by atoms with Gasteiger partial charge < -0.3 is 4.57 Å². The van der Waals surface area contributed by atoms with Crippen molar-refractivity contribution in [2.45, 2.75) is 5.41 Å². The highest BCUT2D eigenvalue weighted by Crippen LogP contribution is 2.61. The maximum Gasteiger partial charge on any atom is 0.160 e. The number of aromatic nitrogens is 3. The van der Waals surface area contributed by atoms with Gasteiger partial charge in [-0.2, -0.15) is 0 Å². The smallest absolute Gasteiger partial charge is 0.160 e. The van der Waals surface area contributed by atoms with E-state index in [-0.39, 0.29) is 0 Å². The lowest BCUT2D eigenvalue weighted by Gasteiger charge is -2.40. The second-order valence-corrected chi connectivity index (χ2v) is 14.9. The molecule has 8 aromatic carbocycles. The highest BCUT2D eigenvalue weighted by Gasteiger charge is 2.50. The lowest BCUT2D eigenvalue weighted by molar-refractivity contribution is 0.749. The van der Waals surface area contributed by atoms with Gasteiger partial charge in [-0.3, -0.25) is 0 Å². The number of benzene rings is 8. The summed E-state index contributed by atoms with van der Waals surface area (Å²) in [6, 6.07) is 72.5. The molecule has 0 fully saturated rings. The summed E-state index contributed by atoms with van der Waals surface area (Å²) in [5, 5.41) is 2.57. The van der Waals surface area contributed by atoms with Gasteiger partial charge in [0.2, 0.25) is 0 Å². The summed E-state index contributed by atoms with van der Waals surface area (Å²) >= 11 is 0. The quantitative estimate of drug-likeness (QED) is 0.182. The van der Waals surface area contributed by atoms with Gasteiger partial charge in [0.05, 0.1) is 33.5 Å². The van der Waals surface area contributed by atoms with Crippen LogP contribution in [0.15, 0.2) is 200 Å². The van der Waals surface area contributed by atoms with Gasteiger partial charge in [0.1, 0.15) is 0 Å². The number of nitrogens with zero attached hydrogens (tertiary/aromatic N) is 3. The van der Waals surface area contributed by atoms with Crippen LogP contribution >= 0.6 is 0 Å². The SMILES string of the molecule is c1ccc(-c2cc(-c3ccccc3)nc(-c3ccc(-c4ccc5c(c4)C4(c6ccccc6-c6ccccc64)c4cccc6c7ccccc7n-5c46)cc3)n2)cc1. The van der Waals surface area contributed by atoms with Crippen molar-refractivity contribution in [3.05, 3.63) is 222 Å². The number of rotatable bonds is 4. The monoisotopic (exact) mass is 711 g/mol. The molecule has 0 amide bonds. The third-order valence-electron chi connectivity index (χ3n) is 12.0. The average Bonchev–Trinajstić information content (AvgIpc) is 3.77. The zero-order valence-electron chi connectivity index (χ0n) is 30.4. The fourth-order valence-electron chi connectivity index (χ4n) is 9.64. The van der Waals surface area contributed by atoms with E-state index in [9.17, 15) is 0 Å². The van der Waals surface area contributed by atoms with Crippen molar-refractivity contribution in [1.82, 2.24) is 14.5 Å². The first-order valence-corrected chi connectivity index (χ1v) is 19.2. The Balaban J connectivity index is 1.06. The molecule has 0 N–H and O–H groups in total. The maximum absolute atomic E-state index is 5.10.